The third-order valence-corrected chi connectivity index (χ3v) is 4.65. The predicted octanol–water partition coefficient (Wildman–Crippen LogP) is 2.83. The van der Waals surface area contributed by atoms with Crippen molar-refractivity contribution in [3.63, 3.8) is 0 Å². The molecule has 2 atom stereocenters. The van der Waals surface area contributed by atoms with Crippen LogP contribution in [0.1, 0.15) is 46.3 Å². The third kappa shape index (κ3) is 1.92. The average Bonchev–Trinajstić information content (AvgIpc) is 2.82. The van der Waals surface area contributed by atoms with Gasteiger partial charge in [-0.15, -0.1) is 0 Å². The lowest BCUT2D eigenvalue weighted by molar-refractivity contribution is 0.0639. The Morgan fingerprint density at radius 2 is 2.14 bits per heavy atom. The van der Waals surface area contributed by atoms with Crippen LogP contribution in [0.25, 0.3) is 0 Å². The molecule has 0 radical (unpaired) electrons. The first kappa shape index (κ1) is 13.4. The van der Waals surface area contributed by atoms with Crippen LogP contribution < -0.4 is 0 Å². The normalized spacial score (nSPS) is 22.5. The van der Waals surface area contributed by atoms with Crippen molar-refractivity contribution in [1.29, 1.82) is 0 Å². The molecule has 1 aromatic heterocycles. The predicted molar refractivity (Wildman–Crippen MR) is 78.8 cm³/mol. The molecule has 0 N–H and O–H groups in total. The summed E-state index contributed by atoms with van der Waals surface area (Å²) in [5.74, 6) is 0.0710. The van der Waals surface area contributed by atoms with Gasteiger partial charge >= 0.3 is 0 Å². The molecule has 1 fully saturated rings. The largest absolute Gasteiger partial charge is 0.328 e. The molecule has 4 nitrogen and oxygen atoms in total. The van der Waals surface area contributed by atoms with Gasteiger partial charge in [-0.25, -0.2) is 14.4 Å². The molecule has 2 aliphatic heterocycles. The van der Waals surface area contributed by atoms with Crippen LogP contribution in [0.15, 0.2) is 30.5 Å². The summed E-state index contributed by atoms with van der Waals surface area (Å²) in [7, 11) is 0. The molecule has 2 bridgehead atoms. The lowest BCUT2D eigenvalue weighted by Gasteiger charge is -2.35. The molecule has 2 unspecified atom stereocenters. The minimum atomic E-state index is -0.460. The maximum atomic E-state index is 13.9. The zero-order chi connectivity index (χ0) is 15.3. The Hall–Kier alpha value is -2.30. The molecule has 112 valence electrons. The van der Waals surface area contributed by atoms with Gasteiger partial charge in [-0.2, -0.15) is 0 Å². The van der Waals surface area contributed by atoms with Crippen LogP contribution in [-0.2, 0) is 6.42 Å². The molecule has 2 aromatic rings. The van der Waals surface area contributed by atoms with Gasteiger partial charge in [-0.05, 0) is 31.9 Å². The fourth-order valence-corrected chi connectivity index (χ4v) is 3.66. The highest BCUT2D eigenvalue weighted by Crippen LogP contribution is 2.43. The molecule has 0 aliphatic carbocycles. The quantitative estimate of drug-likeness (QED) is 0.813. The number of hydrogen-bond donors (Lipinski definition) is 0. The number of rotatable bonds is 1. The molecule has 1 aromatic carbocycles. The van der Waals surface area contributed by atoms with Crippen molar-refractivity contribution in [3.05, 3.63) is 58.9 Å². The number of benzene rings is 1. The average molecular weight is 297 g/mol. The molecule has 0 saturated carbocycles. The van der Waals surface area contributed by atoms with E-state index in [0.29, 0.717) is 0 Å². The van der Waals surface area contributed by atoms with Crippen molar-refractivity contribution in [1.82, 2.24) is 14.9 Å². The van der Waals surface area contributed by atoms with Gasteiger partial charge in [0.05, 0.1) is 17.3 Å². The van der Waals surface area contributed by atoms with Gasteiger partial charge in [0.15, 0.2) is 0 Å². The zero-order valence-electron chi connectivity index (χ0n) is 12.3. The molecule has 4 rings (SSSR count). The number of halogens is 1. The van der Waals surface area contributed by atoms with Crippen LogP contribution in [0, 0.1) is 12.7 Å². The maximum Gasteiger partial charge on any atom is 0.257 e. The SMILES string of the molecule is Cc1ncc2c(n1)CC1CCC2N1C(=O)c1ccccc1F. The zero-order valence-corrected chi connectivity index (χ0v) is 12.3. The Balaban J connectivity index is 1.74. The fourth-order valence-electron chi connectivity index (χ4n) is 3.66. The highest BCUT2D eigenvalue weighted by Gasteiger charge is 2.44. The Labute approximate surface area is 128 Å². The van der Waals surface area contributed by atoms with E-state index in [1.807, 2.05) is 18.0 Å². The van der Waals surface area contributed by atoms with Crippen LogP contribution in [0.5, 0.6) is 0 Å². The second-order valence-corrected chi connectivity index (χ2v) is 5.96. The molecule has 0 spiro atoms. The Morgan fingerprint density at radius 3 is 2.95 bits per heavy atom. The topological polar surface area (TPSA) is 46.1 Å². The monoisotopic (exact) mass is 297 g/mol. The second-order valence-electron chi connectivity index (χ2n) is 5.96. The molecule has 22 heavy (non-hydrogen) atoms. The van der Waals surface area contributed by atoms with Crippen LogP contribution in [-0.4, -0.2) is 26.8 Å². The lowest BCUT2D eigenvalue weighted by Crippen LogP contribution is -2.42. The molecular formula is C17H16FN3O. The first-order valence-electron chi connectivity index (χ1n) is 7.55. The van der Waals surface area contributed by atoms with E-state index in [2.05, 4.69) is 9.97 Å². The Morgan fingerprint density at radius 1 is 1.32 bits per heavy atom. The number of fused-ring (bicyclic) bond motifs is 4. The number of amides is 1. The number of aromatic nitrogens is 2. The summed E-state index contributed by atoms with van der Waals surface area (Å²) in [6, 6.07) is 6.27. The van der Waals surface area contributed by atoms with Gasteiger partial charge in [-0.1, -0.05) is 12.1 Å². The standard InChI is InChI=1S/C17H16FN3O/c1-10-19-9-13-15(20-10)8-11-6-7-16(13)21(11)17(22)12-4-2-3-5-14(12)18/h2-5,9,11,16H,6-8H2,1H3. The van der Waals surface area contributed by atoms with Crippen molar-refractivity contribution in [3.8, 4) is 0 Å². The van der Waals surface area contributed by atoms with Crippen molar-refractivity contribution >= 4 is 5.91 Å². The van der Waals surface area contributed by atoms with Gasteiger partial charge in [-0.3, -0.25) is 4.79 Å². The summed E-state index contributed by atoms with van der Waals surface area (Å²) >= 11 is 0. The molecule has 1 amide bonds. The summed E-state index contributed by atoms with van der Waals surface area (Å²) in [6.45, 7) is 1.87. The van der Waals surface area contributed by atoms with Crippen LogP contribution >= 0.6 is 0 Å². The van der Waals surface area contributed by atoms with E-state index in [1.165, 1.54) is 6.07 Å². The smallest absolute Gasteiger partial charge is 0.257 e. The number of nitrogens with zero attached hydrogens (tertiary/aromatic N) is 3. The van der Waals surface area contributed by atoms with E-state index < -0.39 is 5.82 Å². The minimum Gasteiger partial charge on any atom is -0.328 e. The van der Waals surface area contributed by atoms with Gasteiger partial charge < -0.3 is 4.90 Å². The Bertz CT molecular complexity index is 761. The molecular weight excluding hydrogens is 281 g/mol. The molecule has 3 heterocycles. The summed E-state index contributed by atoms with van der Waals surface area (Å²) in [6.07, 6.45) is 4.38. The van der Waals surface area contributed by atoms with Crippen molar-refractivity contribution < 1.29 is 9.18 Å². The summed E-state index contributed by atoms with van der Waals surface area (Å²) < 4.78 is 13.9. The maximum absolute atomic E-state index is 13.9. The fraction of sp³-hybridized carbons (Fsp3) is 0.353. The van der Waals surface area contributed by atoms with E-state index in [4.69, 9.17) is 0 Å². The molecule has 5 heteroatoms. The van der Waals surface area contributed by atoms with Crippen molar-refractivity contribution in [2.45, 2.75) is 38.3 Å². The number of carbonyl (C=O) groups excluding carboxylic acids is 1. The number of hydrogen-bond acceptors (Lipinski definition) is 3. The third-order valence-electron chi connectivity index (χ3n) is 4.65. The first-order chi connectivity index (χ1) is 10.6. The summed E-state index contributed by atoms with van der Waals surface area (Å²) in [5.41, 5.74) is 2.21. The van der Waals surface area contributed by atoms with Gasteiger partial charge in [0.2, 0.25) is 0 Å². The number of carbonyl (C=O) groups is 1. The van der Waals surface area contributed by atoms with Crippen molar-refractivity contribution in [2.24, 2.45) is 0 Å². The minimum absolute atomic E-state index is 0.0264. The van der Waals surface area contributed by atoms with E-state index >= 15 is 0 Å². The van der Waals surface area contributed by atoms with E-state index in [1.54, 1.807) is 18.2 Å². The van der Waals surface area contributed by atoms with Crippen molar-refractivity contribution in [2.75, 3.05) is 0 Å². The van der Waals surface area contributed by atoms with Gasteiger partial charge in [0.25, 0.3) is 5.91 Å². The van der Waals surface area contributed by atoms with Gasteiger partial charge in [0, 0.05) is 24.2 Å². The number of aryl methyl sites for hydroxylation is 1. The lowest BCUT2D eigenvalue weighted by atomic mass is 9.98. The highest BCUT2D eigenvalue weighted by molar-refractivity contribution is 5.95. The molecule has 2 aliphatic rings. The van der Waals surface area contributed by atoms with E-state index in [0.717, 1.165) is 36.3 Å². The highest BCUT2D eigenvalue weighted by atomic mass is 19.1. The molecule has 1 saturated heterocycles. The Kier molecular flexibility index (Phi) is 2.96. The van der Waals surface area contributed by atoms with Crippen LogP contribution in [0.2, 0.25) is 0 Å². The van der Waals surface area contributed by atoms with Crippen LogP contribution in [0.4, 0.5) is 4.39 Å². The second kappa shape index (κ2) is 4.87. The first-order valence-corrected chi connectivity index (χ1v) is 7.55. The van der Waals surface area contributed by atoms with Crippen LogP contribution in [0.3, 0.4) is 0 Å². The van der Waals surface area contributed by atoms with E-state index in [9.17, 15) is 9.18 Å². The van der Waals surface area contributed by atoms with Gasteiger partial charge in [0.1, 0.15) is 11.6 Å². The summed E-state index contributed by atoms with van der Waals surface area (Å²) in [4.78, 5) is 23.4. The summed E-state index contributed by atoms with van der Waals surface area (Å²) in [5, 5.41) is 0. The van der Waals surface area contributed by atoms with E-state index in [-0.39, 0.29) is 23.6 Å².